The van der Waals surface area contributed by atoms with E-state index in [1.54, 1.807) is 0 Å². The molecule has 2 amide bonds. The molecule has 0 bridgehead atoms. The second-order valence-corrected chi connectivity index (χ2v) is 6.26. The van der Waals surface area contributed by atoms with E-state index in [1.165, 1.54) is 5.52 Å². The van der Waals surface area contributed by atoms with Crippen molar-refractivity contribution in [2.45, 2.75) is 26.3 Å². The quantitative estimate of drug-likeness (QED) is 0.699. The Kier molecular flexibility index (Phi) is 7.16. The standard InChI is InChI=1S/C16H22N4O.C2H2O4/c1-2-17-16(21)19-9-7-13(8-10-19)11-20-12-18-14-5-3-4-6-15(14)20;3-1(4)2(5)6/h3-6,12-13H,2,7-11H2,1H3,(H,17,21);(H,3,4)(H,5,6). The number of aliphatic carboxylic acids is 2. The fourth-order valence-corrected chi connectivity index (χ4v) is 3.02. The summed E-state index contributed by atoms with van der Waals surface area (Å²) in [4.78, 5) is 36.4. The highest BCUT2D eigenvalue weighted by atomic mass is 16.4. The predicted molar refractivity (Wildman–Crippen MR) is 98.4 cm³/mol. The van der Waals surface area contributed by atoms with Crippen molar-refractivity contribution >= 4 is 29.0 Å². The lowest BCUT2D eigenvalue weighted by Gasteiger charge is -2.32. The third kappa shape index (κ3) is 5.70. The zero-order valence-electron chi connectivity index (χ0n) is 15.2. The lowest BCUT2D eigenvalue weighted by Crippen LogP contribution is -2.44. The number of carbonyl (C=O) groups is 3. The minimum Gasteiger partial charge on any atom is -0.473 e. The van der Waals surface area contributed by atoms with Gasteiger partial charge in [0.05, 0.1) is 17.4 Å². The number of hydrogen-bond acceptors (Lipinski definition) is 4. The fourth-order valence-electron chi connectivity index (χ4n) is 3.02. The molecule has 9 nitrogen and oxygen atoms in total. The summed E-state index contributed by atoms with van der Waals surface area (Å²) in [6.45, 7) is 5.34. The van der Waals surface area contributed by atoms with Crippen molar-refractivity contribution in [1.82, 2.24) is 19.8 Å². The maximum Gasteiger partial charge on any atom is 0.414 e. The molecule has 9 heteroatoms. The largest absolute Gasteiger partial charge is 0.473 e. The number of para-hydroxylation sites is 2. The van der Waals surface area contributed by atoms with E-state index in [2.05, 4.69) is 27.0 Å². The summed E-state index contributed by atoms with van der Waals surface area (Å²) in [5, 5.41) is 17.7. The molecule has 3 N–H and O–H groups in total. The van der Waals surface area contributed by atoms with Gasteiger partial charge in [0.2, 0.25) is 0 Å². The molecule has 1 fully saturated rings. The van der Waals surface area contributed by atoms with Gasteiger partial charge in [-0.3, -0.25) is 0 Å². The number of imidazole rings is 1. The highest BCUT2D eigenvalue weighted by Gasteiger charge is 2.22. The summed E-state index contributed by atoms with van der Waals surface area (Å²) >= 11 is 0. The summed E-state index contributed by atoms with van der Waals surface area (Å²) < 4.78 is 2.24. The number of likely N-dealkylation sites (tertiary alicyclic amines) is 1. The van der Waals surface area contributed by atoms with E-state index in [4.69, 9.17) is 19.8 Å². The Balaban J connectivity index is 0.000000380. The summed E-state index contributed by atoms with van der Waals surface area (Å²) in [6.07, 6.45) is 4.05. The van der Waals surface area contributed by atoms with Gasteiger partial charge in [0, 0.05) is 26.2 Å². The first-order valence-electron chi connectivity index (χ1n) is 8.81. The van der Waals surface area contributed by atoms with Crippen LogP contribution in [-0.4, -0.2) is 62.3 Å². The summed E-state index contributed by atoms with van der Waals surface area (Å²) in [6, 6.07) is 8.31. The molecule has 146 valence electrons. The topological polar surface area (TPSA) is 125 Å². The van der Waals surface area contributed by atoms with E-state index in [9.17, 15) is 4.79 Å². The number of piperidine rings is 1. The van der Waals surface area contributed by atoms with Crippen LogP contribution in [0, 0.1) is 5.92 Å². The number of hydrogen-bond donors (Lipinski definition) is 3. The van der Waals surface area contributed by atoms with Crippen LogP contribution >= 0.6 is 0 Å². The molecule has 2 aromatic rings. The van der Waals surface area contributed by atoms with Gasteiger partial charge in [0.1, 0.15) is 0 Å². The summed E-state index contributed by atoms with van der Waals surface area (Å²) in [7, 11) is 0. The van der Waals surface area contributed by atoms with Crippen LogP contribution in [0.15, 0.2) is 30.6 Å². The number of carboxylic acids is 2. The van der Waals surface area contributed by atoms with Crippen molar-refractivity contribution in [3.63, 3.8) is 0 Å². The van der Waals surface area contributed by atoms with Crippen molar-refractivity contribution in [3.8, 4) is 0 Å². The maximum atomic E-state index is 11.8. The molecule has 1 aliphatic rings. The van der Waals surface area contributed by atoms with E-state index in [1.807, 2.05) is 30.3 Å². The molecule has 1 aromatic heterocycles. The van der Waals surface area contributed by atoms with Crippen molar-refractivity contribution in [3.05, 3.63) is 30.6 Å². The lowest BCUT2D eigenvalue weighted by atomic mass is 9.97. The number of rotatable bonds is 3. The van der Waals surface area contributed by atoms with Gasteiger partial charge in [-0.1, -0.05) is 12.1 Å². The number of amides is 2. The third-order valence-electron chi connectivity index (χ3n) is 4.39. The smallest absolute Gasteiger partial charge is 0.414 e. The second kappa shape index (κ2) is 9.56. The minimum atomic E-state index is -1.82. The first-order valence-corrected chi connectivity index (χ1v) is 8.81. The molecular formula is C18H24N4O5. The molecule has 0 saturated carbocycles. The average molecular weight is 376 g/mol. The van der Waals surface area contributed by atoms with E-state index < -0.39 is 11.9 Å². The normalized spacial score (nSPS) is 14.3. The average Bonchev–Trinajstić information content (AvgIpc) is 3.06. The highest BCUT2D eigenvalue weighted by molar-refractivity contribution is 6.27. The van der Waals surface area contributed by atoms with Crippen LogP contribution in [0.25, 0.3) is 11.0 Å². The zero-order chi connectivity index (χ0) is 19.8. The third-order valence-corrected chi connectivity index (χ3v) is 4.39. The van der Waals surface area contributed by atoms with E-state index >= 15 is 0 Å². The number of fused-ring (bicyclic) bond motifs is 1. The fraction of sp³-hybridized carbons (Fsp3) is 0.444. The van der Waals surface area contributed by atoms with E-state index in [0.29, 0.717) is 12.5 Å². The summed E-state index contributed by atoms with van der Waals surface area (Å²) in [5.41, 5.74) is 2.25. The zero-order valence-corrected chi connectivity index (χ0v) is 15.2. The molecule has 1 aliphatic heterocycles. The Hall–Kier alpha value is -3.10. The van der Waals surface area contributed by atoms with Crippen LogP contribution in [0.4, 0.5) is 4.79 Å². The number of nitrogens with zero attached hydrogens (tertiary/aromatic N) is 3. The first kappa shape index (κ1) is 20.2. The number of nitrogens with one attached hydrogen (secondary N) is 1. The molecular weight excluding hydrogens is 352 g/mol. The number of aromatic nitrogens is 2. The van der Waals surface area contributed by atoms with Crippen LogP contribution in [0.1, 0.15) is 19.8 Å². The van der Waals surface area contributed by atoms with E-state index in [0.717, 1.165) is 38.0 Å². The number of carbonyl (C=O) groups excluding carboxylic acids is 1. The van der Waals surface area contributed by atoms with Gasteiger partial charge in [0.25, 0.3) is 0 Å². The molecule has 0 atom stereocenters. The monoisotopic (exact) mass is 376 g/mol. The Morgan fingerprint density at radius 2 is 1.78 bits per heavy atom. The van der Waals surface area contributed by atoms with Gasteiger partial charge in [-0.2, -0.15) is 0 Å². The summed E-state index contributed by atoms with van der Waals surface area (Å²) in [5.74, 6) is -3.03. The number of carboxylic acid groups (broad SMARTS) is 2. The minimum absolute atomic E-state index is 0.0732. The van der Waals surface area contributed by atoms with Gasteiger partial charge < -0.3 is 25.0 Å². The molecule has 0 unspecified atom stereocenters. The van der Waals surface area contributed by atoms with Crippen LogP contribution < -0.4 is 5.32 Å². The predicted octanol–water partition coefficient (Wildman–Crippen LogP) is 1.63. The van der Waals surface area contributed by atoms with E-state index in [-0.39, 0.29) is 6.03 Å². The molecule has 27 heavy (non-hydrogen) atoms. The molecule has 0 spiro atoms. The number of benzene rings is 1. The van der Waals surface area contributed by atoms with Crippen LogP contribution in [-0.2, 0) is 16.1 Å². The SMILES string of the molecule is CCNC(=O)N1CCC(Cn2cnc3ccccc32)CC1.O=C(O)C(=O)O. The van der Waals surface area contributed by atoms with Crippen molar-refractivity contribution in [2.75, 3.05) is 19.6 Å². The number of urea groups is 1. The van der Waals surface area contributed by atoms with Crippen molar-refractivity contribution in [1.29, 1.82) is 0 Å². The van der Waals surface area contributed by atoms with Crippen molar-refractivity contribution < 1.29 is 24.6 Å². The molecule has 3 rings (SSSR count). The first-order chi connectivity index (χ1) is 12.9. The molecule has 1 aromatic carbocycles. The van der Waals surface area contributed by atoms with Crippen LogP contribution in [0.3, 0.4) is 0 Å². The van der Waals surface area contributed by atoms with Gasteiger partial charge in [-0.25, -0.2) is 19.4 Å². The van der Waals surface area contributed by atoms with Crippen molar-refractivity contribution in [2.24, 2.45) is 5.92 Å². The maximum absolute atomic E-state index is 11.8. The van der Waals surface area contributed by atoms with Crippen LogP contribution in [0.2, 0.25) is 0 Å². The molecule has 2 heterocycles. The molecule has 1 saturated heterocycles. The van der Waals surface area contributed by atoms with Crippen LogP contribution in [0.5, 0.6) is 0 Å². The Morgan fingerprint density at radius 1 is 1.15 bits per heavy atom. The van der Waals surface area contributed by atoms with Gasteiger partial charge >= 0.3 is 18.0 Å². The lowest BCUT2D eigenvalue weighted by molar-refractivity contribution is -0.159. The van der Waals surface area contributed by atoms with Gasteiger partial charge in [-0.05, 0) is 37.8 Å². The second-order valence-electron chi connectivity index (χ2n) is 6.26. The Morgan fingerprint density at radius 3 is 2.37 bits per heavy atom. The molecule has 0 radical (unpaired) electrons. The Bertz CT molecular complexity index is 784. The highest BCUT2D eigenvalue weighted by Crippen LogP contribution is 2.21. The van der Waals surface area contributed by atoms with Gasteiger partial charge in [0.15, 0.2) is 0 Å². The molecule has 0 aliphatic carbocycles. The van der Waals surface area contributed by atoms with Gasteiger partial charge in [-0.15, -0.1) is 0 Å². The Labute approximate surface area is 156 Å².